The minimum atomic E-state index is -0.653. The van der Waals surface area contributed by atoms with Gasteiger partial charge in [0.2, 0.25) is 5.91 Å². The minimum absolute atomic E-state index is 0. The van der Waals surface area contributed by atoms with Crippen LogP contribution in [0.5, 0.6) is 0 Å². The van der Waals surface area contributed by atoms with Gasteiger partial charge < -0.3 is 10.1 Å². The molecular formula is C10H17NO3. The molecule has 0 saturated heterocycles. The molecule has 0 fully saturated rings. The lowest BCUT2D eigenvalue weighted by atomic mass is 10.2. The highest BCUT2D eigenvalue weighted by atomic mass is 16.5. The van der Waals surface area contributed by atoms with Crippen molar-refractivity contribution in [1.29, 1.82) is 0 Å². The Morgan fingerprint density at radius 2 is 2.21 bits per heavy atom. The molecule has 1 N–H and O–H groups in total. The van der Waals surface area contributed by atoms with Crippen LogP contribution < -0.4 is 5.32 Å². The molecule has 14 heavy (non-hydrogen) atoms. The molecule has 0 aliphatic heterocycles. The maximum absolute atomic E-state index is 11.3. The Balaban J connectivity index is 0. The van der Waals surface area contributed by atoms with Gasteiger partial charge in [0.15, 0.2) is 0 Å². The van der Waals surface area contributed by atoms with Gasteiger partial charge in [-0.05, 0) is 13.8 Å². The standard InChI is InChI=1S/C10H15NO3.H2/c1-4-6-7-9(11-8(3)12)10(13)14-5-2;/h9H,5,7H2,1-3H3,(H,11,12);1H/t9-;/m1./s1. The molecule has 0 spiro atoms. The molecule has 0 unspecified atom stereocenters. The van der Waals surface area contributed by atoms with Crippen molar-refractivity contribution in [2.24, 2.45) is 0 Å². The topological polar surface area (TPSA) is 55.4 Å². The third kappa shape index (κ3) is 5.20. The van der Waals surface area contributed by atoms with Crippen molar-refractivity contribution in [2.75, 3.05) is 6.61 Å². The Labute approximate surface area is 85.5 Å². The number of carbonyl (C=O) groups excluding carboxylic acids is 2. The number of nitrogens with one attached hydrogen (secondary N) is 1. The van der Waals surface area contributed by atoms with Crippen LogP contribution in [-0.2, 0) is 14.3 Å². The van der Waals surface area contributed by atoms with Crippen molar-refractivity contribution in [3.8, 4) is 11.8 Å². The molecule has 0 rings (SSSR count). The van der Waals surface area contributed by atoms with Crippen LogP contribution >= 0.6 is 0 Å². The maximum atomic E-state index is 11.3. The second kappa shape index (κ2) is 6.96. The van der Waals surface area contributed by atoms with Gasteiger partial charge in [0.1, 0.15) is 6.04 Å². The highest BCUT2D eigenvalue weighted by Crippen LogP contribution is 1.95. The predicted molar refractivity (Wildman–Crippen MR) is 54.4 cm³/mol. The third-order valence-corrected chi connectivity index (χ3v) is 1.43. The van der Waals surface area contributed by atoms with Crippen LogP contribution in [0.25, 0.3) is 0 Å². The van der Waals surface area contributed by atoms with Gasteiger partial charge in [-0.25, -0.2) is 4.79 Å². The van der Waals surface area contributed by atoms with Crippen molar-refractivity contribution in [3.05, 3.63) is 0 Å². The van der Waals surface area contributed by atoms with Crippen LogP contribution in [0.15, 0.2) is 0 Å². The average Bonchev–Trinajstić information content (AvgIpc) is 2.12. The van der Waals surface area contributed by atoms with Crippen molar-refractivity contribution in [3.63, 3.8) is 0 Å². The van der Waals surface area contributed by atoms with E-state index in [2.05, 4.69) is 17.2 Å². The lowest BCUT2D eigenvalue weighted by molar-refractivity contribution is -0.147. The number of amides is 1. The molecule has 4 heteroatoms. The first-order chi connectivity index (χ1) is 6.61. The number of rotatable bonds is 4. The van der Waals surface area contributed by atoms with E-state index in [1.807, 2.05) is 0 Å². The van der Waals surface area contributed by atoms with Crippen LogP contribution in [-0.4, -0.2) is 24.5 Å². The third-order valence-electron chi connectivity index (χ3n) is 1.43. The molecule has 1 atom stereocenters. The molecule has 0 aliphatic rings. The number of hydrogen-bond acceptors (Lipinski definition) is 3. The summed E-state index contributed by atoms with van der Waals surface area (Å²) in [6, 6.07) is -0.653. The van der Waals surface area contributed by atoms with Gasteiger partial charge in [0.25, 0.3) is 0 Å². The van der Waals surface area contributed by atoms with Crippen molar-refractivity contribution >= 4 is 11.9 Å². The molecular weight excluding hydrogens is 182 g/mol. The fourth-order valence-electron chi connectivity index (χ4n) is 0.886. The molecule has 0 aromatic carbocycles. The summed E-state index contributed by atoms with van der Waals surface area (Å²) < 4.78 is 4.78. The highest BCUT2D eigenvalue weighted by Gasteiger charge is 2.18. The first-order valence-electron chi connectivity index (χ1n) is 4.45. The fraction of sp³-hybridized carbons (Fsp3) is 0.600. The van der Waals surface area contributed by atoms with Crippen LogP contribution in [0, 0.1) is 11.8 Å². The van der Waals surface area contributed by atoms with E-state index in [1.54, 1.807) is 13.8 Å². The lowest BCUT2D eigenvalue weighted by Gasteiger charge is -2.13. The van der Waals surface area contributed by atoms with Crippen molar-refractivity contribution < 1.29 is 15.8 Å². The normalized spacial score (nSPS) is 10.8. The Morgan fingerprint density at radius 1 is 1.57 bits per heavy atom. The molecule has 0 aromatic heterocycles. The summed E-state index contributed by atoms with van der Waals surface area (Å²) >= 11 is 0. The monoisotopic (exact) mass is 199 g/mol. The van der Waals surface area contributed by atoms with E-state index in [4.69, 9.17) is 4.74 Å². The average molecular weight is 199 g/mol. The fourth-order valence-corrected chi connectivity index (χ4v) is 0.886. The van der Waals surface area contributed by atoms with Gasteiger partial charge >= 0.3 is 5.97 Å². The predicted octanol–water partition coefficient (Wildman–Crippen LogP) is 0.714. The van der Waals surface area contributed by atoms with Gasteiger partial charge in [-0.15, -0.1) is 11.8 Å². The van der Waals surface area contributed by atoms with Gasteiger partial charge in [0.05, 0.1) is 6.61 Å². The Hall–Kier alpha value is -1.50. The zero-order valence-corrected chi connectivity index (χ0v) is 8.72. The van der Waals surface area contributed by atoms with Crippen molar-refractivity contribution in [2.45, 2.75) is 33.2 Å². The van der Waals surface area contributed by atoms with Crippen LogP contribution in [0.1, 0.15) is 28.6 Å². The number of carbonyl (C=O) groups is 2. The zero-order chi connectivity index (χ0) is 11.0. The molecule has 1 amide bonds. The number of hydrogen-bond donors (Lipinski definition) is 1. The summed E-state index contributed by atoms with van der Waals surface area (Å²) in [6.45, 7) is 5.05. The van der Waals surface area contributed by atoms with Gasteiger partial charge in [-0.3, -0.25) is 4.79 Å². The summed E-state index contributed by atoms with van der Waals surface area (Å²) in [6.07, 6.45) is 0.287. The number of esters is 1. The molecule has 0 radical (unpaired) electrons. The van der Waals surface area contributed by atoms with Gasteiger partial charge in [0, 0.05) is 14.8 Å². The summed E-state index contributed by atoms with van der Waals surface area (Å²) in [5.74, 6) is 4.68. The summed E-state index contributed by atoms with van der Waals surface area (Å²) in [4.78, 5) is 22.0. The van der Waals surface area contributed by atoms with Crippen molar-refractivity contribution in [1.82, 2.24) is 5.32 Å². The molecule has 0 heterocycles. The van der Waals surface area contributed by atoms with E-state index in [9.17, 15) is 9.59 Å². The SMILES string of the molecule is CC#CC[C@@H](NC(C)=O)C(=O)OCC.[HH]. The smallest absolute Gasteiger partial charge is 0.329 e. The van der Waals surface area contributed by atoms with Crippen LogP contribution in [0.2, 0.25) is 0 Å². The largest absolute Gasteiger partial charge is 0.464 e. The highest BCUT2D eigenvalue weighted by molar-refractivity contribution is 5.83. The summed E-state index contributed by atoms with van der Waals surface area (Å²) in [5, 5.41) is 2.48. The zero-order valence-electron chi connectivity index (χ0n) is 8.72. The summed E-state index contributed by atoms with van der Waals surface area (Å²) in [5.41, 5.74) is 0. The first kappa shape index (κ1) is 12.5. The Morgan fingerprint density at radius 3 is 2.64 bits per heavy atom. The summed E-state index contributed by atoms with van der Waals surface area (Å²) in [7, 11) is 0. The number of ether oxygens (including phenoxy) is 1. The molecule has 0 saturated carbocycles. The first-order valence-corrected chi connectivity index (χ1v) is 4.45. The van der Waals surface area contributed by atoms with Gasteiger partial charge in [-0.1, -0.05) is 0 Å². The minimum Gasteiger partial charge on any atom is -0.464 e. The van der Waals surface area contributed by atoms with E-state index in [1.165, 1.54) is 6.92 Å². The molecule has 0 aliphatic carbocycles. The van der Waals surface area contributed by atoms with E-state index in [0.29, 0.717) is 6.61 Å². The second-order valence-electron chi connectivity index (χ2n) is 2.64. The maximum Gasteiger partial charge on any atom is 0.329 e. The Bertz CT molecular complexity index is 268. The van der Waals surface area contributed by atoms with E-state index in [0.717, 1.165) is 0 Å². The lowest BCUT2D eigenvalue weighted by Crippen LogP contribution is -2.40. The van der Waals surface area contributed by atoms with Crippen LogP contribution in [0.3, 0.4) is 0 Å². The molecule has 80 valence electrons. The van der Waals surface area contributed by atoms with Gasteiger partial charge in [-0.2, -0.15) is 0 Å². The second-order valence-corrected chi connectivity index (χ2v) is 2.64. The molecule has 0 bridgehead atoms. The molecule has 4 nitrogen and oxygen atoms in total. The molecule has 0 aromatic rings. The van der Waals surface area contributed by atoms with E-state index < -0.39 is 12.0 Å². The van der Waals surface area contributed by atoms with Crippen LogP contribution in [0.4, 0.5) is 0 Å². The van der Waals surface area contributed by atoms with E-state index >= 15 is 0 Å². The Kier molecular flexibility index (Phi) is 6.21. The quantitative estimate of drug-likeness (QED) is 0.536. The van der Waals surface area contributed by atoms with E-state index in [-0.39, 0.29) is 13.8 Å².